The normalized spacial score (nSPS) is 16.1. The maximum absolute atomic E-state index is 13.2. The van der Waals surface area contributed by atoms with Crippen LogP contribution in [0, 0.1) is 13.8 Å². The molecule has 168 valence electrons. The Morgan fingerprint density at radius 2 is 2.00 bits per heavy atom. The number of rotatable bonds is 6. The lowest BCUT2D eigenvalue weighted by molar-refractivity contribution is 0.0599. The van der Waals surface area contributed by atoms with Crippen LogP contribution in [0.3, 0.4) is 0 Å². The molecule has 1 saturated heterocycles. The number of carbonyl (C=O) groups excluding carboxylic acids is 2. The topological polar surface area (TPSA) is 114 Å². The highest BCUT2D eigenvalue weighted by molar-refractivity contribution is 6.03. The highest BCUT2D eigenvalue weighted by Gasteiger charge is 2.32. The van der Waals surface area contributed by atoms with Crippen molar-refractivity contribution in [2.45, 2.75) is 45.6 Å². The molecule has 4 rings (SSSR count). The minimum absolute atomic E-state index is 0.0329. The van der Waals surface area contributed by atoms with Gasteiger partial charge in [0.1, 0.15) is 5.69 Å². The van der Waals surface area contributed by atoms with Crippen LogP contribution in [0.5, 0.6) is 0 Å². The molecule has 0 spiro atoms. The van der Waals surface area contributed by atoms with E-state index >= 15 is 0 Å². The van der Waals surface area contributed by atoms with Crippen LogP contribution in [0.15, 0.2) is 28.9 Å². The lowest BCUT2D eigenvalue weighted by atomic mass is 9.94. The van der Waals surface area contributed by atoms with Gasteiger partial charge >= 0.3 is 5.97 Å². The van der Waals surface area contributed by atoms with Crippen molar-refractivity contribution >= 4 is 11.8 Å². The number of hydrogen-bond donors (Lipinski definition) is 1. The molecule has 3 aromatic rings. The molecule has 0 aliphatic carbocycles. The first-order valence-corrected chi connectivity index (χ1v) is 10.7. The number of Topliss-reactive ketones (excluding diaryl/α,β-unsaturated/α-hetero) is 1. The number of methoxy groups -OCH3 is 1. The fraction of sp³-hybridized carbons (Fsp3) is 0.435. The molecule has 1 aliphatic heterocycles. The number of H-pyrrole nitrogens is 1. The van der Waals surface area contributed by atoms with E-state index in [1.807, 2.05) is 25.1 Å². The first-order chi connectivity index (χ1) is 15.4. The summed E-state index contributed by atoms with van der Waals surface area (Å²) in [5, 5.41) is 4.07. The maximum atomic E-state index is 13.2. The standard InChI is InChI=1S/C23H27N5O4/c1-13-18(23(30)31-4)14(2)25-19(13)20(29)15(3)28-11-8-16(9-12-28)22-26-21(27-32-22)17-7-5-6-10-24-17/h5-7,10,15-16,25H,8-9,11-12H2,1-4H3. The molecule has 0 radical (unpaired) electrons. The number of likely N-dealkylation sites (tertiary alicyclic amines) is 1. The van der Waals surface area contributed by atoms with E-state index in [0.29, 0.717) is 39.9 Å². The number of nitrogens with one attached hydrogen (secondary N) is 1. The Balaban J connectivity index is 1.41. The van der Waals surface area contributed by atoms with E-state index in [-0.39, 0.29) is 17.7 Å². The molecular formula is C23H27N5O4. The fourth-order valence-corrected chi connectivity index (χ4v) is 4.31. The molecular weight excluding hydrogens is 410 g/mol. The van der Waals surface area contributed by atoms with Crippen molar-refractivity contribution in [2.24, 2.45) is 0 Å². The Hall–Kier alpha value is -3.33. The average molecular weight is 438 g/mol. The number of pyridine rings is 1. The van der Waals surface area contributed by atoms with E-state index < -0.39 is 5.97 Å². The van der Waals surface area contributed by atoms with Crippen LogP contribution in [0.25, 0.3) is 11.5 Å². The van der Waals surface area contributed by atoms with Gasteiger partial charge in [-0.05, 0) is 64.4 Å². The second kappa shape index (κ2) is 9.04. The molecule has 1 atom stereocenters. The molecule has 9 heteroatoms. The van der Waals surface area contributed by atoms with Crippen LogP contribution >= 0.6 is 0 Å². The molecule has 1 unspecified atom stereocenters. The van der Waals surface area contributed by atoms with Crippen molar-refractivity contribution < 1.29 is 18.8 Å². The monoisotopic (exact) mass is 437 g/mol. The van der Waals surface area contributed by atoms with E-state index in [1.165, 1.54) is 7.11 Å². The first-order valence-electron chi connectivity index (χ1n) is 10.7. The number of ketones is 1. The molecule has 0 amide bonds. The Morgan fingerprint density at radius 3 is 2.66 bits per heavy atom. The molecule has 4 heterocycles. The van der Waals surface area contributed by atoms with Gasteiger partial charge in [-0.2, -0.15) is 4.98 Å². The molecule has 32 heavy (non-hydrogen) atoms. The van der Waals surface area contributed by atoms with Gasteiger partial charge in [-0.1, -0.05) is 11.2 Å². The average Bonchev–Trinajstić information content (AvgIpc) is 3.43. The quantitative estimate of drug-likeness (QED) is 0.461. The molecule has 0 saturated carbocycles. The molecule has 9 nitrogen and oxygen atoms in total. The third kappa shape index (κ3) is 4.08. The number of ether oxygens (including phenoxy) is 1. The smallest absolute Gasteiger partial charge is 0.339 e. The molecule has 0 aromatic carbocycles. The minimum atomic E-state index is -0.437. The second-order valence-corrected chi connectivity index (χ2v) is 8.14. The van der Waals surface area contributed by atoms with E-state index in [1.54, 1.807) is 20.0 Å². The highest BCUT2D eigenvalue weighted by atomic mass is 16.5. The predicted octanol–water partition coefficient (Wildman–Crippen LogP) is 3.31. The number of hydrogen-bond acceptors (Lipinski definition) is 8. The number of aromatic nitrogens is 4. The molecule has 1 fully saturated rings. The van der Waals surface area contributed by atoms with Gasteiger partial charge in [-0.15, -0.1) is 0 Å². The summed E-state index contributed by atoms with van der Waals surface area (Å²) in [5.74, 6) is 0.787. The lowest BCUT2D eigenvalue weighted by Crippen LogP contribution is -2.44. The molecule has 3 aromatic heterocycles. The van der Waals surface area contributed by atoms with Crippen LogP contribution in [0.2, 0.25) is 0 Å². The zero-order valence-corrected chi connectivity index (χ0v) is 18.7. The van der Waals surface area contributed by atoms with Crippen molar-refractivity contribution in [3.05, 3.63) is 52.8 Å². The van der Waals surface area contributed by atoms with Crippen molar-refractivity contribution in [1.82, 2.24) is 25.0 Å². The van der Waals surface area contributed by atoms with Crippen LogP contribution in [0.4, 0.5) is 0 Å². The number of nitrogens with zero attached hydrogens (tertiary/aromatic N) is 4. The summed E-state index contributed by atoms with van der Waals surface area (Å²) in [6, 6.07) is 5.26. The van der Waals surface area contributed by atoms with Gasteiger partial charge in [-0.3, -0.25) is 14.7 Å². The summed E-state index contributed by atoms with van der Waals surface area (Å²) < 4.78 is 10.3. The Bertz CT molecular complexity index is 1110. The van der Waals surface area contributed by atoms with Gasteiger partial charge in [0.2, 0.25) is 11.7 Å². The Morgan fingerprint density at radius 1 is 1.25 bits per heavy atom. The van der Waals surface area contributed by atoms with Gasteiger partial charge in [-0.25, -0.2) is 4.79 Å². The predicted molar refractivity (Wildman–Crippen MR) is 116 cm³/mol. The van der Waals surface area contributed by atoms with E-state index in [4.69, 9.17) is 9.26 Å². The summed E-state index contributed by atoms with van der Waals surface area (Å²) >= 11 is 0. The number of piperidine rings is 1. The number of carbonyl (C=O) groups is 2. The van der Waals surface area contributed by atoms with Crippen LogP contribution < -0.4 is 0 Å². The van der Waals surface area contributed by atoms with Gasteiger partial charge in [0.05, 0.1) is 24.4 Å². The van der Waals surface area contributed by atoms with Gasteiger partial charge in [0.25, 0.3) is 0 Å². The number of aryl methyl sites for hydroxylation is 1. The summed E-state index contributed by atoms with van der Waals surface area (Å²) in [5.41, 5.74) is 2.86. The van der Waals surface area contributed by atoms with Gasteiger partial charge in [0, 0.05) is 17.8 Å². The third-order valence-electron chi connectivity index (χ3n) is 6.22. The summed E-state index contributed by atoms with van der Waals surface area (Å²) in [7, 11) is 1.34. The van der Waals surface area contributed by atoms with E-state index in [2.05, 4.69) is 25.0 Å². The zero-order chi connectivity index (χ0) is 22.8. The van der Waals surface area contributed by atoms with E-state index in [0.717, 1.165) is 25.9 Å². The fourth-order valence-electron chi connectivity index (χ4n) is 4.31. The van der Waals surface area contributed by atoms with Crippen molar-refractivity contribution in [1.29, 1.82) is 0 Å². The zero-order valence-electron chi connectivity index (χ0n) is 18.7. The summed E-state index contributed by atoms with van der Waals surface area (Å²) in [6.07, 6.45) is 3.33. The largest absolute Gasteiger partial charge is 0.465 e. The van der Waals surface area contributed by atoms with Crippen LogP contribution in [-0.2, 0) is 4.74 Å². The van der Waals surface area contributed by atoms with Gasteiger partial charge < -0.3 is 14.2 Å². The van der Waals surface area contributed by atoms with E-state index in [9.17, 15) is 9.59 Å². The molecule has 1 aliphatic rings. The summed E-state index contributed by atoms with van der Waals surface area (Å²) in [6.45, 7) is 6.93. The van der Waals surface area contributed by atoms with Crippen molar-refractivity contribution in [3.63, 3.8) is 0 Å². The lowest BCUT2D eigenvalue weighted by Gasteiger charge is -2.34. The third-order valence-corrected chi connectivity index (χ3v) is 6.22. The Labute approximate surface area is 186 Å². The molecule has 1 N–H and O–H groups in total. The molecule has 0 bridgehead atoms. The van der Waals surface area contributed by atoms with Crippen molar-refractivity contribution in [3.8, 4) is 11.5 Å². The minimum Gasteiger partial charge on any atom is -0.465 e. The van der Waals surface area contributed by atoms with Gasteiger partial charge in [0.15, 0.2) is 5.78 Å². The van der Waals surface area contributed by atoms with Crippen LogP contribution in [-0.4, -0.2) is 63.0 Å². The number of aromatic amines is 1. The highest BCUT2D eigenvalue weighted by Crippen LogP contribution is 2.30. The Kier molecular flexibility index (Phi) is 6.18. The van der Waals surface area contributed by atoms with Crippen LogP contribution in [0.1, 0.15) is 63.7 Å². The summed E-state index contributed by atoms with van der Waals surface area (Å²) in [4.78, 5) is 39.2. The SMILES string of the molecule is COC(=O)c1c(C)[nH]c(C(=O)C(C)N2CCC(c3nc(-c4ccccn4)no3)CC2)c1C. The van der Waals surface area contributed by atoms with Crippen molar-refractivity contribution in [2.75, 3.05) is 20.2 Å². The second-order valence-electron chi connectivity index (χ2n) is 8.14. The number of esters is 1. The first kappa shape index (κ1) is 21.9. The maximum Gasteiger partial charge on any atom is 0.339 e.